The first-order valence-corrected chi connectivity index (χ1v) is 12.0. The summed E-state index contributed by atoms with van der Waals surface area (Å²) in [5, 5.41) is 12.0. The average molecular weight is 486 g/mol. The maximum atomic E-state index is 13.5. The van der Waals surface area contributed by atoms with Crippen molar-refractivity contribution in [2.75, 3.05) is 11.9 Å². The number of H-pyrrole nitrogens is 1. The molecule has 0 aliphatic heterocycles. The van der Waals surface area contributed by atoms with Crippen molar-refractivity contribution in [3.63, 3.8) is 0 Å². The number of aromatic nitrogens is 4. The molecule has 184 valence electrons. The third-order valence-electron chi connectivity index (χ3n) is 6.12. The zero-order valence-corrected chi connectivity index (χ0v) is 20.2. The number of ether oxygens (including phenoxy) is 1. The number of esters is 1. The summed E-state index contributed by atoms with van der Waals surface area (Å²) in [4.78, 5) is 30.4. The van der Waals surface area contributed by atoms with Crippen LogP contribution in [0.25, 0.3) is 33.3 Å². The number of fused-ring (bicyclic) bond motifs is 3. The Morgan fingerprint density at radius 3 is 2.81 bits per heavy atom. The quantitative estimate of drug-likeness (QED) is 0.222. The van der Waals surface area contributed by atoms with E-state index in [0.717, 1.165) is 40.3 Å². The largest absolute Gasteiger partial charge is 0.464 e. The van der Waals surface area contributed by atoms with Gasteiger partial charge in [-0.1, -0.05) is 37.6 Å². The van der Waals surface area contributed by atoms with Crippen molar-refractivity contribution >= 4 is 33.6 Å². The monoisotopic (exact) mass is 485 g/mol. The van der Waals surface area contributed by atoms with Crippen LogP contribution in [0.15, 0.2) is 70.3 Å². The number of aromatic amines is 1. The van der Waals surface area contributed by atoms with Crippen LogP contribution in [0, 0.1) is 0 Å². The molecule has 5 rings (SSSR count). The summed E-state index contributed by atoms with van der Waals surface area (Å²) < 4.78 is 12.5. The van der Waals surface area contributed by atoms with E-state index in [1.807, 2.05) is 50.2 Å². The van der Waals surface area contributed by atoms with Gasteiger partial charge >= 0.3 is 5.97 Å². The number of para-hydroxylation sites is 1. The highest BCUT2D eigenvalue weighted by atomic mass is 16.5. The molecule has 0 aliphatic carbocycles. The SMILES string of the molecule is CCCCOC(=O)Cn1c(-c2cn[nH]c2)ncc(N[C@H](C)c2ccc3oc4ccccc4c3c2)c1=O. The van der Waals surface area contributed by atoms with Crippen molar-refractivity contribution in [1.29, 1.82) is 0 Å². The Morgan fingerprint density at radius 2 is 2.00 bits per heavy atom. The van der Waals surface area contributed by atoms with Crippen LogP contribution in [0.5, 0.6) is 0 Å². The fourth-order valence-electron chi connectivity index (χ4n) is 4.18. The van der Waals surface area contributed by atoms with Gasteiger partial charge in [-0.15, -0.1) is 0 Å². The highest BCUT2D eigenvalue weighted by Crippen LogP contribution is 2.31. The predicted octanol–water partition coefficient (Wildman–Crippen LogP) is 5.05. The van der Waals surface area contributed by atoms with Crippen LogP contribution in [0.1, 0.15) is 38.3 Å². The topological polar surface area (TPSA) is 115 Å². The smallest absolute Gasteiger partial charge is 0.326 e. The molecule has 0 unspecified atom stereocenters. The Labute approximate surface area is 207 Å². The van der Waals surface area contributed by atoms with Gasteiger partial charge in [0.15, 0.2) is 0 Å². The molecule has 0 saturated carbocycles. The molecule has 9 nitrogen and oxygen atoms in total. The molecule has 3 heterocycles. The van der Waals surface area contributed by atoms with Gasteiger partial charge in [0.1, 0.15) is 29.2 Å². The summed E-state index contributed by atoms with van der Waals surface area (Å²) in [6, 6.07) is 13.7. The normalized spacial score (nSPS) is 12.2. The molecule has 36 heavy (non-hydrogen) atoms. The zero-order chi connectivity index (χ0) is 25.1. The van der Waals surface area contributed by atoms with Gasteiger partial charge in [0.2, 0.25) is 0 Å². The molecule has 0 saturated heterocycles. The minimum absolute atomic E-state index is 0.206. The lowest BCUT2D eigenvalue weighted by atomic mass is 10.0. The first-order chi connectivity index (χ1) is 17.5. The molecule has 0 spiro atoms. The Balaban J connectivity index is 1.45. The molecule has 3 aromatic heterocycles. The van der Waals surface area contributed by atoms with E-state index in [4.69, 9.17) is 9.15 Å². The predicted molar refractivity (Wildman–Crippen MR) is 138 cm³/mol. The number of hydrogen-bond acceptors (Lipinski definition) is 7. The highest BCUT2D eigenvalue weighted by Gasteiger charge is 2.18. The van der Waals surface area contributed by atoms with Crippen LogP contribution in [0.3, 0.4) is 0 Å². The Morgan fingerprint density at radius 1 is 1.17 bits per heavy atom. The third-order valence-corrected chi connectivity index (χ3v) is 6.12. The molecular formula is C27H27N5O4. The molecule has 0 aliphatic rings. The number of hydrogen-bond donors (Lipinski definition) is 2. The second-order valence-corrected chi connectivity index (χ2v) is 8.67. The van der Waals surface area contributed by atoms with Crippen LogP contribution in [0.2, 0.25) is 0 Å². The van der Waals surface area contributed by atoms with Crippen LogP contribution in [-0.2, 0) is 16.1 Å². The van der Waals surface area contributed by atoms with E-state index in [1.54, 1.807) is 12.4 Å². The number of furan rings is 1. The third kappa shape index (κ3) is 4.59. The van der Waals surface area contributed by atoms with Gasteiger partial charge in [-0.2, -0.15) is 5.10 Å². The van der Waals surface area contributed by atoms with E-state index in [-0.39, 0.29) is 23.8 Å². The number of carbonyl (C=O) groups is 1. The Bertz CT molecular complexity index is 1570. The van der Waals surface area contributed by atoms with Gasteiger partial charge in [0.05, 0.1) is 24.6 Å². The minimum Gasteiger partial charge on any atom is -0.464 e. The van der Waals surface area contributed by atoms with Gasteiger partial charge in [-0.05, 0) is 37.1 Å². The molecule has 0 radical (unpaired) electrons. The lowest BCUT2D eigenvalue weighted by Crippen LogP contribution is -2.30. The van der Waals surface area contributed by atoms with Crippen LogP contribution in [-0.4, -0.2) is 32.3 Å². The molecule has 2 N–H and O–H groups in total. The highest BCUT2D eigenvalue weighted by molar-refractivity contribution is 6.05. The van der Waals surface area contributed by atoms with E-state index in [1.165, 1.54) is 10.8 Å². The number of rotatable bonds is 9. The van der Waals surface area contributed by atoms with Crippen LogP contribution >= 0.6 is 0 Å². The molecule has 1 atom stereocenters. The van der Waals surface area contributed by atoms with Crippen molar-refractivity contribution < 1.29 is 13.9 Å². The van der Waals surface area contributed by atoms with Crippen molar-refractivity contribution in [1.82, 2.24) is 19.7 Å². The molecule has 5 aromatic rings. The minimum atomic E-state index is -0.486. The molecule has 0 fully saturated rings. The van der Waals surface area contributed by atoms with Crippen molar-refractivity contribution in [3.05, 3.63) is 77.0 Å². The van der Waals surface area contributed by atoms with Gasteiger partial charge in [-0.25, -0.2) is 4.98 Å². The number of unbranched alkanes of at least 4 members (excludes halogenated alkanes) is 1. The molecule has 9 heteroatoms. The van der Waals surface area contributed by atoms with Gasteiger partial charge in [-0.3, -0.25) is 19.3 Å². The molecule has 0 amide bonds. The fourth-order valence-corrected chi connectivity index (χ4v) is 4.18. The number of benzene rings is 2. The number of carbonyl (C=O) groups excluding carboxylic acids is 1. The molecular weight excluding hydrogens is 458 g/mol. The second kappa shape index (κ2) is 10.1. The summed E-state index contributed by atoms with van der Waals surface area (Å²) in [7, 11) is 0. The number of anilines is 1. The van der Waals surface area contributed by atoms with Crippen LogP contribution < -0.4 is 10.9 Å². The Hall–Kier alpha value is -4.40. The molecule has 2 aromatic carbocycles. The lowest BCUT2D eigenvalue weighted by Gasteiger charge is -2.17. The number of nitrogens with zero attached hydrogens (tertiary/aromatic N) is 3. The van der Waals surface area contributed by atoms with Gasteiger partial charge in [0, 0.05) is 23.0 Å². The van der Waals surface area contributed by atoms with E-state index < -0.39 is 5.97 Å². The summed E-state index contributed by atoms with van der Waals surface area (Å²) in [6.45, 7) is 4.06. The number of nitrogens with one attached hydrogen (secondary N) is 2. The van der Waals surface area contributed by atoms with Crippen molar-refractivity contribution in [2.45, 2.75) is 39.3 Å². The fraction of sp³-hybridized carbons (Fsp3) is 0.259. The molecule has 0 bridgehead atoms. The van der Waals surface area contributed by atoms with Gasteiger partial charge < -0.3 is 14.5 Å². The first kappa shape index (κ1) is 23.3. The van der Waals surface area contributed by atoms with E-state index in [0.29, 0.717) is 18.0 Å². The van der Waals surface area contributed by atoms with Crippen molar-refractivity contribution in [2.24, 2.45) is 0 Å². The first-order valence-electron chi connectivity index (χ1n) is 12.0. The average Bonchev–Trinajstić information content (AvgIpc) is 3.54. The standard InChI is InChI=1S/C27H27N5O4/c1-3-4-11-35-25(33)16-32-26(19-13-29-30-14-19)28-15-22(27(32)34)31-17(2)18-9-10-24-21(12-18)20-7-5-6-8-23(20)36-24/h5-10,12-15,17,31H,3-4,11,16H2,1-2H3,(H,29,30)/t17-/m1/s1. The lowest BCUT2D eigenvalue weighted by molar-refractivity contribution is -0.144. The Kier molecular flexibility index (Phi) is 6.53. The van der Waals surface area contributed by atoms with E-state index >= 15 is 0 Å². The summed E-state index contributed by atoms with van der Waals surface area (Å²) in [5.74, 6) is -0.148. The van der Waals surface area contributed by atoms with E-state index in [2.05, 4.69) is 26.6 Å². The van der Waals surface area contributed by atoms with E-state index in [9.17, 15) is 9.59 Å². The maximum absolute atomic E-state index is 13.5. The van der Waals surface area contributed by atoms with Crippen LogP contribution in [0.4, 0.5) is 5.69 Å². The zero-order valence-electron chi connectivity index (χ0n) is 20.2. The summed E-state index contributed by atoms with van der Waals surface area (Å²) in [5.41, 5.74) is 3.15. The van der Waals surface area contributed by atoms with Gasteiger partial charge in [0.25, 0.3) is 5.56 Å². The second-order valence-electron chi connectivity index (χ2n) is 8.67. The summed E-state index contributed by atoms with van der Waals surface area (Å²) in [6.07, 6.45) is 6.35. The summed E-state index contributed by atoms with van der Waals surface area (Å²) >= 11 is 0. The van der Waals surface area contributed by atoms with Crippen molar-refractivity contribution in [3.8, 4) is 11.4 Å². The maximum Gasteiger partial charge on any atom is 0.326 e.